The van der Waals surface area contributed by atoms with Gasteiger partial charge in [-0.2, -0.15) is 0 Å². The first-order chi connectivity index (χ1) is 27.8. The van der Waals surface area contributed by atoms with Crippen molar-refractivity contribution in [1.29, 1.82) is 0 Å². The minimum atomic E-state index is 0.865. The predicted octanol–water partition coefficient (Wildman–Crippen LogP) is 14.7. The molecule has 0 atom stereocenters. The van der Waals surface area contributed by atoms with Gasteiger partial charge in [-0.25, -0.2) is 0 Å². The normalized spacial score (nSPS) is 12.1. The molecule has 0 unspecified atom stereocenters. The molecule has 9 aromatic carbocycles. The second kappa shape index (κ2) is 12.0. The van der Waals surface area contributed by atoms with E-state index in [-0.39, 0.29) is 0 Å². The summed E-state index contributed by atoms with van der Waals surface area (Å²) >= 11 is 0. The van der Waals surface area contributed by atoms with E-state index in [0.717, 1.165) is 89.5 Å². The summed E-state index contributed by atoms with van der Waals surface area (Å²) in [5.41, 5.74) is 12.8. The predicted molar refractivity (Wildman–Crippen MR) is 231 cm³/mol. The van der Waals surface area contributed by atoms with Crippen LogP contribution in [0.4, 0.5) is 17.1 Å². The van der Waals surface area contributed by atoms with Crippen molar-refractivity contribution in [3.05, 3.63) is 194 Å². The molecule has 1 aliphatic heterocycles. The third-order valence-corrected chi connectivity index (χ3v) is 11.4. The Bertz CT molecular complexity index is 3360. The molecule has 11 aromatic rings. The maximum absolute atomic E-state index is 6.53. The van der Waals surface area contributed by atoms with Crippen LogP contribution in [0.1, 0.15) is 0 Å². The average Bonchev–Trinajstić information content (AvgIpc) is 3.81. The van der Waals surface area contributed by atoms with Crippen molar-refractivity contribution < 1.29 is 9.15 Å². The molecular formula is C52H32N2O2. The summed E-state index contributed by atoms with van der Waals surface area (Å²) in [6.45, 7) is 0. The number of hydrogen-bond donors (Lipinski definition) is 0. The highest BCUT2D eigenvalue weighted by Gasteiger charge is 2.25. The Kier molecular flexibility index (Phi) is 6.60. The molecule has 3 heterocycles. The number of anilines is 3. The fraction of sp³-hybridized carbons (Fsp3) is 0. The van der Waals surface area contributed by atoms with Gasteiger partial charge >= 0.3 is 0 Å². The SMILES string of the molecule is c1cc(-c2cccc3c2oc2ccccc23)cc(N(c2ccccc2-c2ccc3c(c2)c2cccc4c2n3-c2ccccc2O4)c2cccc3ccccc23)c1. The monoisotopic (exact) mass is 716 g/mol. The van der Waals surface area contributed by atoms with Gasteiger partial charge in [0.05, 0.1) is 28.1 Å². The number of aromatic nitrogens is 1. The smallest absolute Gasteiger partial charge is 0.152 e. The first kappa shape index (κ1) is 30.9. The van der Waals surface area contributed by atoms with E-state index >= 15 is 0 Å². The van der Waals surface area contributed by atoms with Gasteiger partial charge in [0.25, 0.3) is 0 Å². The van der Waals surface area contributed by atoms with Gasteiger partial charge < -0.3 is 18.6 Å². The van der Waals surface area contributed by atoms with Crippen molar-refractivity contribution in [3.63, 3.8) is 0 Å². The molecule has 12 rings (SSSR count). The molecule has 0 bridgehead atoms. The Morgan fingerprint density at radius 3 is 2.09 bits per heavy atom. The maximum Gasteiger partial charge on any atom is 0.152 e. The Labute approximate surface area is 322 Å². The summed E-state index contributed by atoms with van der Waals surface area (Å²) in [6, 6.07) is 69.1. The van der Waals surface area contributed by atoms with Crippen LogP contribution < -0.4 is 9.64 Å². The van der Waals surface area contributed by atoms with E-state index in [1.165, 1.54) is 21.5 Å². The zero-order chi connectivity index (χ0) is 36.7. The molecule has 0 fully saturated rings. The van der Waals surface area contributed by atoms with Crippen molar-refractivity contribution >= 4 is 71.6 Å². The van der Waals surface area contributed by atoms with Crippen LogP contribution in [0, 0.1) is 0 Å². The van der Waals surface area contributed by atoms with Gasteiger partial charge in [-0.3, -0.25) is 0 Å². The molecule has 4 nitrogen and oxygen atoms in total. The van der Waals surface area contributed by atoms with E-state index in [0.29, 0.717) is 0 Å². The summed E-state index contributed by atoms with van der Waals surface area (Å²) in [4.78, 5) is 2.42. The van der Waals surface area contributed by atoms with Gasteiger partial charge in [-0.05, 0) is 77.2 Å². The highest BCUT2D eigenvalue weighted by Crippen LogP contribution is 2.48. The summed E-state index contributed by atoms with van der Waals surface area (Å²) in [5, 5.41) is 6.97. The summed E-state index contributed by atoms with van der Waals surface area (Å²) in [5.74, 6) is 1.74. The lowest BCUT2D eigenvalue weighted by Gasteiger charge is -2.29. The number of furan rings is 1. The van der Waals surface area contributed by atoms with Crippen LogP contribution in [-0.2, 0) is 0 Å². The molecule has 0 radical (unpaired) electrons. The largest absolute Gasteiger partial charge is 0.455 e. The van der Waals surface area contributed by atoms with Gasteiger partial charge in [-0.15, -0.1) is 0 Å². The van der Waals surface area contributed by atoms with E-state index in [2.05, 4.69) is 179 Å². The number of benzene rings is 9. The molecular weight excluding hydrogens is 685 g/mol. The quantitative estimate of drug-likeness (QED) is 0.178. The number of ether oxygens (including phenoxy) is 1. The first-order valence-corrected chi connectivity index (χ1v) is 19.0. The topological polar surface area (TPSA) is 30.5 Å². The molecule has 4 heteroatoms. The molecule has 0 spiro atoms. The Morgan fingerprint density at radius 1 is 0.429 bits per heavy atom. The summed E-state index contributed by atoms with van der Waals surface area (Å²) < 4.78 is 15.3. The molecule has 1 aliphatic rings. The Morgan fingerprint density at radius 2 is 1.11 bits per heavy atom. The lowest BCUT2D eigenvalue weighted by Crippen LogP contribution is -2.12. The molecule has 0 N–H and O–H groups in total. The zero-order valence-electron chi connectivity index (χ0n) is 30.2. The fourth-order valence-corrected chi connectivity index (χ4v) is 8.90. The number of fused-ring (bicyclic) bond motifs is 9. The average molecular weight is 717 g/mol. The zero-order valence-corrected chi connectivity index (χ0v) is 30.2. The Balaban J connectivity index is 1.08. The number of para-hydroxylation sites is 6. The second-order valence-electron chi connectivity index (χ2n) is 14.5. The van der Waals surface area contributed by atoms with Crippen LogP contribution in [-0.4, -0.2) is 4.57 Å². The lowest BCUT2D eigenvalue weighted by molar-refractivity contribution is 0.476. The third-order valence-electron chi connectivity index (χ3n) is 11.4. The highest BCUT2D eigenvalue weighted by molar-refractivity contribution is 6.14. The van der Waals surface area contributed by atoms with E-state index in [1.54, 1.807) is 0 Å². The van der Waals surface area contributed by atoms with Crippen LogP contribution in [0.25, 0.3) is 82.5 Å². The maximum atomic E-state index is 6.53. The van der Waals surface area contributed by atoms with E-state index in [1.807, 2.05) is 24.3 Å². The highest BCUT2D eigenvalue weighted by atomic mass is 16.5. The van der Waals surface area contributed by atoms with Crippen molar-refractivity contribution in [1.82, 2.24) is 4.57 Å². The molecule has 0 amide bonds. The van der Waals surface area contributed by atoms with Crippen LogP contribution in [0.5, 0.6) is 11.5 Å². The molecule has 0 aliphatic carbocycles. The van der Waals surface area contributed by atoms with Crippen LogP contribution in [0.3, 0.4) is 0 Å². The number of hydrogen-bond acceptors (Lipinski definition) is 3. The summed E-state index contributed by atoms with van der Waals surface area (Å²) in [6.07, 6.45) is 0. The van der Waals surface area contributed by atoms with E-state index in [9.17, 15) is 0 Å². The first-order valence-electron chi connectivity index (χ1n) is 19.0. The van der Waals surface area contributed by atoms with Crippen molar-refractivity contribution in [2.45, 2.75) is 0 Å². The molecule has 2 aromatic heterocycles. The van der Waals surface area contributed by atoms with Crippen molar-refractivity contribution in [3.8, 4) is 39.4 Å². The molecule has 262 valence electrons. The second-order valence-corrected chi connectivity index (χ2v) is 14.5. The van der Waals surface area contributed by atoms with E-state index in [4.69, 9.17) is 9.15 Å². The minimum absolute atomic E-state index is 0.865. The van der Waals surface area contributed by atoms with Crippen LogP contribution >= 0.6 is 0 Å². The molecule has 0 saturated heterocycles. The number of nitrogens with zero attached hydrogens (tertiary/aromatic N) is 2. The fourth-order valence-electron chi connectivity index (χ4n) is 8.90. The molecule has 0 saturated carbocycles. The van der Waals surface area contributed by atoms with Crippen molar-refractivity contribution in [2.75, 3.05) is 4.90 Å². The van der Waals surface area contributed by atoms with E-state index < -0.39 is 0 Å². The minimum Gasteiger partial charge on any atom is -0.455 e. The van der Waals surface area contributed by atoms with Gasteiger partial charge in [0.15, 0.2) is 11.5 Å². The summed E-state index contributed by atoms with van der Waals surface area (Å²) in [7, 11) is 0. The standard InChI is InChI=1S/C52H32N2O2/c1-2-17-37-33(13-1)14-10-25-45(37)53(36-16-9-15-34(31-36)39-20-11-22-42-40-19-4-7-26-48(40)56-52(39)42)44-23-5-3-18-38(44)35-29-30-46-43(32-35)41-21-12-28-50-51(41)54(46)47-24-6-8-27-49(47)55-50/h1-32H. The molecule has 56 heavy (non-hydrogen) atoms. The number of rotatable bonds is 5. The Hall–Kier alpha value is -7.56. The van der Waals surface area contributed by atoms with Crippen LogP contribution in [0.15, 0.2) is 199 Å². The lowest BCUT2D eigenvalue weighted by atomic mass is 9.98. The van der Waals surface area contributed by atoms with Gasteiger partial charge in [-0.1, -0.05) is 133 Å². The van der Waals surface area contributed by atoms with Gasteiger partial charge in [0.1, 0.15) is 11.2 Å². The van der Waals surface area contributed by atoms with Crippen LogP contribution in [0.2, 0.25) is 0 Å². The third kappa shape index (κ3) is 4.53. The van der Waals surface area contributed by atoms with Gasteiger partial charge in [0.2, 0.25) is 0 Å². The van der Waals surface area contributed by atoms with Crippen molar-refractivity contribution in [2.24, 2.45) is 0 Å². The van der Waals surface area contributed by atoms with Gasteiger partial charge in [0, 0.05) is 43.7 Å².